The highest BCUT2D eigenvalue weighted by Gasteiger charge is 2.20. The van der Waals surface area contributed by atoms with Gasteiger partial charge in [-0.25, -0.2) is 4.57 Å². The maximum atomic E-state index is 2.33. The molecule has 3 rings (SSSR count). The third kappa shape index (κ3) is 3.11. The second-order valence-electron chi connectivity index (χ2n) is 7.41. The predicted molar refractivity (Wildman–Crippen MR) is 107 cm³/mol. The first-order chi connectivity index (χ1) is 11.8. The van der Waals surface area contributed by atoms with Crippen LogP contribution >= 0.6 is 0 Å². The van der Waals surface area contributed by atoms with Gasteiger partial charge in [-0.05, 0) is 81.0 Å². The molecular formula is C24H28N+. The van der Waals surface area contributed by atoms with Crippen LogP contribution in [0.5, 0.6) is 0 Å². The van der Waals surface area contributed by atoms with Gasteiger partial charge in [0.05, 0.1) is 5.56 Å². The van der Waals surface area contributed by atoms with E-state index >= 15 is 0 Å². The van der Waals surface area contributed by atoms with Crippen LogP contribution in [0.1, 0.15) is 33.4 Å². The second-order valence-corrected chi connectivity index (χ2v) is 7.41. The Kier molecular flexibility index (Phi) is 4.51. The number of hydrogen-bond donors (Lipinski definition) is 0. The van der Waals surface area contributed by atoms with E-state index in [9.17, 15) is 0 Å². The molecule has 1 heteroatoms. The predicted octanol–water partition coefficient (Wildman–Crippen LogP) is 5.70. The average Bonchev–Trinajstić information content (AvgIpc) is 2.51. The number of benzene rings is 2. The van der Waals surface area contributed by atoms with Crippen LogP contribution in [0.15, 0.2) is 42.6 Å². The zero-order chi connectivity index (χ0) is 18.3. The molecule has 0 N–H and O–H groups in total. The van der Waals surface area contributed by atoms with Crippen LogP contribution in [0.2, 0.25) is 0 Å². The van der Waals surface area contributed by atoms with Crippen molar-refractivity contribution < 1.29 is 4.57 Å². The van der Waals surface area contributed by atoms with Gasteiger partial charge in [0, 0.05) is 11.6 Å². The first-order valence-corrected chi connectivity index (χ1v) is 8.94. The Morgan fingerprint density at radius 1 is 0.640 bits per heavy atom. The van der Waals surface area contributed by atoms with Gasteiger partial charge in [0.2, 0.25) is 5.69 Å². The third-order valence-corrected chi connectivity index (χ3v) is 5.16. The van der Waals surface area contributed by atoms with Gasteiger partial charge in [-0.15, -0.1) is 0 Å². The minimum atomic E-state index is 1.27. The Morgan fingerprint density at radius 2 is 1.28 bits per heavy atom. The fourth-order valence-electron chi connectivity index (χ4n) is 4.09. The van der Waals surface area contributed by atoms with Gasteiger partial charge in [-0.2, -0.15) is 0 Å². The van der Waals surface area contributed by atoms with Crippen LogP contribution in [0.4, 0.5) is 0 Å². The molecule has 0 atom stereocenters. The highest BCUT2D eigenvalue weighted by molar-refractivity contribution is 5.82. The summed E-state index contributed by atoms with van der Waals surface area (Å²) in [5, 5.41) is 0. The lowest BCUT2D eigenvalue weighted by molar-refractivity contribution is -0.660. The van der Waals surface area contributed by atoms with Gasteiger partial charge >= 0.3 is 0 Å². The molecule has 0 saturated heterocycles. The summed E-state index contributed by atoms with van der Waals surface area (Å²) in [4.78, 5) is 0. The molecule has 0 aliphatic heterocycles. The van der Waals surface area contributed by atoms with Crippen molar-refractivity contribution in [2.75, 3.05) is 0 Å². The van der Waals surface area contributed by atoms with E-state index in [4.69, 9.17) is 0 Å². The van der Waals surface area contributed by atoms with Crippen LogP contribution in [-0.2, 0) is 7.05 Å². The third-order valence-electron chi connectivity index (χ3n) is 5.16. The molecule has 0 saturated carbocycles. The smallest absolute Gasteiger partial charge is 0.201 e. The van der Waals surface area contributed by atoms with Crippen molar-refractivity contribution in [1.82, 2.24) is 0 Å². The van der Waals surface area contributed by atoms with Crippen molar-refractivity contribution in [3.05, 3.63) is 76.0 Å². The number of pyridine rings is 1. The van der Waals surface area contributed by atoms with Gasteiger partial charge in [0.15, 0.2) is 6.20 Å². The Hall–Kier alpha value is -2.41. The van der Waals surface area contributed by atoms with E-state index in [1.165, 1.54) is 55.8 Å². The number of aromatic nitrogens is 1. The summed E-state index contributed by atoms with van der Waals surface area (Å²) < 4.78 is 2.24. The van der Waals surface area contributed by atoms with Gasteiger partial charge in [0.1, 0.15) is 7.05 Å². The van der Waals surface area contributed by atoms with Crippen LogP contribution in [-0.4, -0.2) is 0 Å². The zero-order valence-electron chi connectivity index (χ0n) is 16.5. The molecule has 0 radical (unpaired) electrons. The van der Waals surface area contributed by atoms with Gasteiger partial charge in [-0.3, -0.25) is 0 Å². The lowest BCUT2D eigenvalue weighted by Gasteiger charge is -2.18. The highest BCUT2D eigenvalue weighted by atomic mass is 14.9. The van der Waals surface area contributed by atoms with E-state index in [1.807, 2.05) is 0 Å². The molecular weight excluding hydrogens is 302 g/mol. The molecule has 0 amide bonds. The van der Waals surface area contributed by atoms with Crippen molar-refractivity contribution in [3.8, 4) is 22.4 Å². The SMILES string of the molecule is Cc1ccc(-c2c(C)cc(C)c(-c3ccc(C)c[n+]3C)c2C)c(C)c1. The summed E-state index contributed by atoms with van der Waals surface area (Å²) in [5.74, 6) is 0. The number of hydrogen-bond acceptors (Lipinski definition) is 0. The quantitative estimate of drug-likeness (QED) is 0.531. The molecule has 1 heterocycles. The summed E-state index contributed by atoms with van der Waals surface area (Å²) in [5.41, 5.74) is 13.3. The Bertz CT molecular complexity index is 889. The number of nitrogens with zero attached hydrogens (tertiary/aromatic N) is 1. The summed E-state index contributed by atoms with van der Waals surface area (Å²) >= 11 is 0. The minimum absolute atomic E-state index is 1.27. The molecule has 0 unspecified atom stereocenters. The largest absolute Gasteiger partial charge is 0.212 e. The minimum Gasteiger partial charge on any atom is -0.201 e. The van der Waals surface area contributed by atoms with Crippen molar-refractivity contribution in [2.45, 2.75) is 41.5 Å². The molecule has 0 bridgehead atoms. The lowest BCUT2D eigenvalue weighted by Crippen LogP contribution is -2.31. The fourth-order valence-corrected chi connectivity index (χ4v) is 4.09. The number of rotatable bonds is 2. The number of aryl methyl sites for hydroxylation is 6. The molecule has 128 valence electrons. The molecule has 0 aliphatic rings. The fraction of sp³-hybridized carbons (Fsp3) is 0.292. The van der Waals surface area contributed by atoms with E-state index in [-0.39, 0.29) is 0 Å². The van der Waals surface area contributed by atoms with Crippen LogP contribution in [0, 0.1) is 41.5 Å². The molecule has 0 fully saturated rings. The summed E-state index contributed by atoms with van der Waals surface area (Å²) in [6.45, 7) is 13.2. The van der Waals surface area contributed by atoms with Crippen LogP contribution < -0.4 is 4.57 Å². The summed E-state index contributed by atoms with van der Waals surface area (Å²) in [7, 11) is 2.14. The van der Waals surface area contributed by atoms with E-state index in [1.54, 1.807) is 0 Å². The normalized spacial score (nSPS) is 11.0. The highest BCUT2D eigenvalue weighted by Crippen LogP contribution is 2.37. The standard InChI is InChI=1S/C24H28N/c1-15-8-10-21(17(3)12-15)23-18(4)13-19(5)24(20(23)6)22-11-9-16(2)14-25(22)7/h8-14H,1-7H3/q+1. The molecule has 2 aromatic carbocycles. The van der Waals surface area contributed by atoms with E-state index in [2.05, 4.69) is 95.8 Å². The van der Waals surface area contributed by atoms with E-state index in [0.717, 1.165) is 0 Å². The van der Waals surface area contributed by atoms with Crippen molar-refractivity contribution in [3.63, 3.8) is 0 Å². The summed E-state index contributed by atoms with van der Waals surface area (Å²) in [6, 6.07) is 13.5. The molecule has 25 heavy (non-hydrogen) atoms. The molecule has 3 aromatic rings. The van der Waals surface area contributed by atoms with Gasteiger partial charge < -0.3 is 0 Å². The van der Waals surface area contributed by atoms with Crippen LogP contribution in [0.25, 0.3) is 22.4 Å². The second kappa shape index (κ2) is 6.48. The van der Waals surface area contributed by atoms with E-state index < -0.39 is 0 Å². The summed E-state index contributed by atoms with van der Waals surface area (Å²) in [6.07, 6.45) is 2.20. The zero-order valence-corrected chi connectivity index (χ0v) is 16.5. The van der Waals surface area contributed by atoms with Gasteiger partial charge in [-0.1, -0.05) is 29.8 Å². The first-order valence-electron chi connectivity index (χ1n) is 8.94. The Labute approximate surface area is 152 Å². The topological polar surface area (TPSA) is 3.88 Å². The van der Waals surface area contributed by atoms with Crippen molar-refractivity contribution in [2.24, 2.45) is 7.05 Å². The Morgan fingerprint density at radius 3 is 1.92 bits per heavy atom. The Balaban J connectivity index is 2.32. The maximum Gasteiger partial charge on any atom is 0.212 e. The van der Waals surface area contributed by atoms with E-state index in [0.29, 0.717) is 0 Å². The molecule has 1 nitrogen and oxygen atoms in total. The van der Waals surface area contributed by atoms with Crippen molar-refractivity contribution >= 4 is 0 Å². The molecule has 0 spiro atoms. The molecule has 1 aromatic heterocycles. The lowest BCUT2D eigenvalue weighted by atomic mass is 9.86. The first kappa shape index (κ1) is 17.4. The molecule has 0 aliphatic carbocycles. The maximum absolute atomic E-state index is 2.33. The average molecular weight is 330 g/mol. The monoisotopic (exact) mass is 330 g/mol. The van der Waals surface area contributed by atoms with Crippen molar-refractivity contribution in [1.29, 1.82) is 0 Å². The van der Waals surface area contributed by atoms with Gasteiger partial charge in [0.25, 0.3) is 0 Å². The van der Waals surface area contributed by atoms with Crippen LogP contribution in [0.3, 0.4) is 0 Å².